The zero-order valence-electron chi connectivity index (χ0n) is 10.8. The molecule has 1 heterocycles. The summed E-state index contributed by atoms with van der Waals surface area (Å²) in [7, 11) is 1.54. The maximum Gasteiger partial charge on any atom is 0.434 e. The molecule has 1 aromatic heterocycles. The van der Waals surface area contributed by atoms with Crippen LogP contribution in [-0.2, 0) is 12.8 Å². The minimum absolute atomic E-state index is 0.0585. The molecule has 0 spiro atoms. The quantitative estimate of drug-likeness (QED) is 0.828. The third-order valence-electron chi connectivity index (χ3n) is 2.52. The topological polar surface area (TPSA) is 44.2 Å². The first-order chi connectivity index (χ1) is 9.90. The Labute approximate surface area is 127 Å². The molecule has 2 aromatic rings. The number of benzene rings is 1. The minimum atomic E-state index is -4.57. The molecule has 0 aliphatic heterocycles. The van der Waals surface area contributed by atoms with E-state index in [1.54, 1.807) is 31.4 Å². The van der Waals surface area contributed by atoms with Gasteiger partial charge in [-0.05, 0) is 33.6 Å². The first-order valence-electron chi connectivity index (χ1n) is 5.75. The van der Waals surface area contributed by atoms with Crippen LogP contribution in [0.4, 0.5) is 13.2 Å². The largest absolute Gasteiger partial charge is 0.497 e. The van der Waals surface area contributed by atoms with Crippen LogP contribution in [0.1, 0.15) is 11.3 Å². The van der Waals surface area contributed by atoms with Gasteiger partial charge in [0.2, 0.25) is 0 Å². The number of methoxy groups -OCH3 is 1. The van der Waals surface area contributed by atoms with E-state index in [1.165, 1.54) is 0 Å². The fourth-order valence-corrected chi connectivity index (χ4v) is 1.90. The summed E-state index contributed by atoms with van der Waals surface area (Å²) in [5, 5.41) is 0. The van der Waals surface area contributed by atoms with Crippen molar-refractivity contribution in [3.8, 4) is 11.8 Å². The second kappa shape index (κ2) is 6.30. The summed E-state index contributed by atoms with van der Waals surface area (Å²) in [4.78, 5) is 7.06. The molecular formula is C13H10BrF3N2O2. The molecule has 0 N–H and O–H groups in total. The summed E-state index contributed by atoms with van der Waals surface area (Å²) < 4.78 is 48.0. The van der Waals surface area contributed by atoms with Crippen molar-refractivity contribution in [2.24, 2.45) is 0 Å². The van der Waals surface area contributed by atoms with Gasteiger partial charge in [-0.15, -0.1) is 0 Å². The molecule has 0 saturated carbocycles. The Kier molecular flexibility index (Phi) is 4.66. The maximum atomic E-state index is 12.7. The van der Waals surface area contributed by atoms with E-state index in [0.29, 0.717) is 5.75 Å². The van der Waals surface area contributed by atoms with Gasteiger partial charge in [-0.1, -0.05) is 12.1 Å². The van der Waals surface area contributed by atoms with Gasteiger partial charge >= 0.3 is 12.2 Å². The molecular weight excluding hydrogens is 353 g/mol. The Morgan fingerprint density at radius 1 is 1.19 bits per heavy atom. The molecule has 4 nitrogen and oxygen atoms in total. The van der Waals surface area contributed by atoms with E-state index in [9.17, 15) is 13.2 Å². The van der Waals surface area contributed by atoms with Crippen LogP contribution in [0.5, 0.6) is 11.8 Å². The predicted octanol–water partition coefficient (Wildman–Crippen LogP) is 3.85. The van der Waals surface area contributed by atoms with Crippen molar-refractivity contribution < 1.29 is 22.6 Å². The van der Waals surface area contributed by atoms with Crippen LogP contribution in [0.2, 0.25) is 0 Å². The van der Waals surface area contributed by atoms with E-state index in [0.717, 1.165) is 11.8 Å². The summed E-state index contributed by atoms with van der Waals surface area (Å²) in [6, 6.07) is 6.59. The lowest BCUT2D eigenvalue weighted by Gasteiger charge is -2.10. The third-order valence-corrected chi connectivity index (χ3v) is 3.10. The highest BCUT2D eigenvalue weighted by atomic mass is 79.9. The lowest BCUT2D eigenvalue weighted by Crippen LogP contribution is -2.11. The summed E-state index contributed by atoms with van der Waals surface area (Å²) >= 11 is 2.76. The Morgan fingerprint density at radius 2 is 1.86 bits per heavy atom. The Morgan fingerprint density at radius 3 is 2.43 bits per heavy atom. The number of hydrogen-bond acceptors (Lipinski definition) is 4. The smallest absolute Gasteiger partial charge is 0.434 e. The lowest BCUT2D eigenvalue weighted by molar-refractivity contribution is -0.142. The number of rotatable bonds is 4. The van der Waals surface area contributed by atoms with Gasteiger partial charge in [0.15, 0.2) is 5.69 Å². The zero-order chi connectivity index (χ0) is 15.5. The third kappa shape index (κ3) is 4.07. The van der Waals surface area contributed by atoms with Crippen molar-refractivity contribution in [1.29, 1.82) is 0 Å². The van der Waals surface area contributed by atoms with E-state index in [2.05, 4.69) is 25.9 Å². The van der Waals surface area contributed by atoms with Gasteiger partial charge in [-0.25, -0.2) is 4.98 Å². The highest BCUT2D eigenvalue weighted by Crippen LogP contribution is 2.33. The number of alkyl halides is 3. The lowest BCUT2D eigenvalue weighted by atomic mass is 10.2. The molecule has 0 radical (unpaired) electrons. The van der Waals surface area contributed by atoms with Crippen LogP contribution in [-0.4, -0.2) is 17.1 Å². The van der Waals surface area contributed by atoms with Gasteiger partial charge in [0.1, 0.15) is 12.4 Å². The molecule has 0 amide bonds. The molecule has 0 fully saturated rings. The van der Waals surface area contributed by atoms with Gasteiger partial charge < -0.3 is 9.47 Å². The molecule has 0 atom stereocenters. The SMILES string of the molecule is COc1ccc(COc2ncc(Br)c(C(F)(F)F)n2)cc1. The molecule has 0 bridgehead atoms. The van der Waals surface area contributed by atoms with E-state index < -0.39 is 11.9 Å². The van der Waals surface area contributed by atoms with Crippen molar-refractivity contribution >= 4 is 15.9 Å². The minimum Gasteiger partial charge on any atom is -0.497 e. The van der Waals surface area contributed by atoms with Crippen molar-refractivity contribution in [2.45, 2.75) is 12.8 Å². The second-order valence-corrected chi connectivity index (χ2v) is 4.84. The molecule has 1 aromatic carbocycles. The Hall–Kier alpha value is -1.83. The van der Waals surface area contributed by atoms with Crippen LogP contribution in [0.3, 0.4) is 0 Å². The van der Waals surface area contributed by atoms with E-state index in [1.807, 2.05) is 0 Å². The van der Waals surface area contributed by atoms with E-state index in [-0.39, 0.29) is 17.1 Å². The predicted molar refractivity (Wildman–Crippen MR) is 72.1 cm³/mol. The number of nitrogens with zero attached hydrogens (tertiary/aromatic N) is 2. The van der Waals surface area contributed by atoms with Crippen LogP contribution in [0.25, 0.3) is 0 Å². The molecule has 112 valence electrons. The summed E-state index contributed by atoms with van der Waals surface area (Å²) in [6.45, 7) is 0.0585. The molecule has 8 heteroatoms. The second-order valence-electron chi connectivity index (χ2n) is 3.98. The van der Waals surface area contributed by atoms with Gasteiger partial charge in [0.05, 0.1) is 11.6 Å². The normalized spacial score (nSPS) is 11.3. The average Bonchev–Trinajstić information content (AvgIpc) is 2.45. The maximum absolute atomic E-state index is 12.7. The molecule has 0 aliphatic rings. The summed E-state index contributed by atoms with van der Waals surface area (Å²) in [6.07, 6.45) is -3.56. The fraction of sp³-hybridized carbons (Fsp3) is 0.231. The standard InChI is InChI=1S/C13H10BrF3N2O2/c1-20-9-4-2-8(3-5-9)7-21-12-18-6-10(14)11(19-12)13(15,16)17/h2-6H,7H2,1H3. The van der Waals surface area contributed by atoms with Gasteiger partial charge in [-0.2, -0.15) is 18.2 Å². The van der Waals surface area contributed by atoms with Crippen molar-refractivity contribution in [2.75, 3.05) is 7.11 Å². The van der Waals surface area contributed by atoms with Crippen LogP contribution in [0, 0.1) is 0 Å². The number of halogens is 4. The highest BCUT2D eigenvalue weighted by Gasteiger charge is 2.35. The van der Waals surface area contributed by atoms with Crippen molar-refractivity contribution in [3.63, 3.8) is 0 Å². The van der Waals surface area contributed by atoms with Crippen LogP contribution < -0.4 is 9.47 Å². The number of hydrogen-bond donors (Lipinski definition) is 0. The average molecular weight is 363 g/mol. The first kappa shape index (κ1) is 15.6. The molecule has 0 unspecified atom stereocenters. The monoisotopic (exact) mass is 362 g/mol. The van der Waals surface area contributed by atoms with Crippen molar-refractivity contribution in [3.05, 3.63) is 46.2 Å². The zero-order valence-corrected chi connectivity index (χ0v) is 12.4. The summed E-state index contributed by atoms with van der Waals surface area (Å²) in [5.74, 6) is 0.679. The van der Waals surface area contributed by atoms with Gasteiger partial charge in [0.25, 0.3) is 0 Å². The fourth-order valence-electron chi connectivity index (χ4n) is 1.49. The van der Waals surface area contributed by atoms with E-state index in [4.69, 9.17) is 9.47 Å². The molecule has 0 aliphatic carbocycles. The highest BCUT2D eigenvalue weighted by molar-refractivity contribution is 9.10. The van der Waals surface area contributed by atoms with Gasteiger partial charge in [0, 0.05) is 6.20 Å². The van der Waals surface area contributed by atoms with Gasteiger partial charge in [-0.3, -0.25) is 0 Å². The Bertz CT molecular complexity index is 618. The Balaban J connectivity index is 2.09. The van der Waals surface area contributed by atoms with Crippen LogP contribution >= 0.6 is 15.9 Å². The van der Waals surface area contributed by atoms with Crippen molar-refractivity contribution in [1.82, 2.24) is 9.97 Å². The molecule has 21 heavy (non-hydrogen) atoms. The first-order valence-corrected chi connectivity index (χ1v) is 6.55. The van der Waals surface area contributed by atoms with E-state index >= 15 is 0 Å². The summed E-state index contributed by atoms with van der Waals surface area (Å²) in [5.41, 5.74) is -0.307. The molecule has 2 rings (SSSR count). The number of aromatic nitrogens is 2. The molecule has 0 saturated heterocycles. The number of ether oxygens (including phenoxy) is 2. The van der Waals surface area contributed by atoms with Crippen LogP contribution in [0.15, 0.2) is 34.9 Å².